The lowest BCUT2D eigenvalue weighted by atomic mass is 10.3. The average Bonchev–Trinajstić information content (AvgIpc) is 2.95. The fraction of sp³-hybridized carbons (Fsp3) is 0.429. The maximum atomic E-state index is 12.6. The first-order valence-electron chi connectivity index (χ1n) is 7.05. The predicted octanol–water partition coefficient (Wildman–Crippen LogP) is 3.25. The first kappa shape index (κ1) is 14.2. The molecule has 0 unspecified atom stereocenters. The van der Waals surface area contributed by atoms with Gasteiger partial charge in [-0.15, -0.1) is 21.5 Å². The molecule has 0 aromatic carbocycles. The molecular weight excluding hydrogens is 336 g/mol. The zero-order valence-electron chi connectivity index (χ0n) is 11.6. The van der Waals surface area contributed by atoms with Crippen molar-refractivity contribution in [2.45, 2.75) is 34.8 Å². The minimum Gasteiger partial charge on any atom is -0.302 e. The third kappa shape index (κ3) is 2.53. The van der Waals surface area contributed by atoms with Crippen LogP contribution in [0.4, 0.5) is 5.00 Å². The number of carbonyl (C=O) groups excluding carboxylic acids is 1. The van der Waals surface area contributed by atoms with Crippen molar-refractivity contribution >= 4 is 45.3 Å². The van der Waals surface area contributed by atoms with Crippen molar-refractivity contribution in [3.05, 3.63) is 22.0 Å². The molecule has 1 aliphatic heterocycles. The molecule has 2 aliphatic rings. The van der Waals surface area contributed by atoms with E-state index >= 15 is 0 Å². The molecule has 2 aromatic rings. The van der Waals surface area contributed by atoms with Crippen molar-refractivity contribution in [3.63, 3.8) is 0 Å². The van der Waals surface area contributed by atoms with Gasteiger partial charge < -0.3 is 4.90 Å². The normalized spacial score (nSPS) is 21.3. The molecule has 1 amide bonds. The molecule has 3 heterocycles. The summed E-state index contributed by atoms with van der Waals surface area (Å²) in [6.07, 6.45) is 3.21. The van der Waals surface area contributed by atoms with Gasteiger partial charge in [-0.1, -0.05) is 23.1 Å². The molecule has 0 radical (unpaired) electrons. The number of amides is 1. The smallest absolute Gasteiger partial charge is 0.241 e. The number of carbonyl (C=O) groups is 1. The third-order valence-electron chi connectivity index (χ3n) is 3.76. The number of nitriles is 1. The Morgan fingerprint density at radius 3 is 3.00 bits per heavy atom. The monoisotopic (exact) mass is 348 g/mol. The maximum absolute atomic E-state index is 12.6. The van der Waals surface area contributed by atoms with Crippen LogP contribution in [0.25, 0.3) is 0 Å². The van der Waals surface area contributed by atoms with Crippen LogP contribution in [-0.4, -0.2) is 27.9 Å². The molecule has 22 heavy (non-hydrogen) atoms. The summed E-state index contributed by atoms with van der Waals surface area (Å²) in [5.41, 5.74) is 0.580. The fourth-order valence-electron chi connectivity index (χ4n) is 2.45. The highest BCUT2D eigenvalue weighted by atomic mass is 32.2. The van der Waals surface area contributed by atoms with Crippen LogP contribution >= 0.6 is 34.4 Å². The van der Waals surface area contributed by atoms with Gasteiger partial charge in [0.1, 0.15) is 16.1 Å². The number of thioether (sulfide) groups is 1. The largest absolute Gasteiger partial charge is 0.302 e. The van der Waals surface area contributed by atoms with Gasteiger partial charge in [0.05, 0.1) is 10.8 Å². The van der Waals surface area contributed by atoms with Crippen LogP contribution in [-0.2, 0) is 4.79 Å². The molecule has 5 nitrogen and oxygen atoms in total. The predicted molar refractivity (Wildman–Crippen MR) is 87.5 cm³/mol. The van der Waals surface area contributed by atoms with E-state index in [1.165, 1.54) is 35.9 Å². The summed E-state index contributed by atoms with van der Waals surface area (Å²) >= 11 is 4.58. The van der Waals surface area contributed by atoms with Crippen molar-refractivity contribution in [1.82, 2.24) is 10.2 Å². The molecule has 1 saturated heterocycles. The molecule has 1 saturated carbocycles. The lowest BCUT2D eigenvalue weighted by Crippen LogP contribution is -2.27. The Kier molecular flexibility index (Phi) is 3.64. The first-order valence-corrected chi connectivity index (χ1v) is 9.63. The second kappa shape index (κ2) is 5.65. The SMILES string of the molecule is N#Cc1ccsc1N1CC[C@@H](Sc2nnc(C3CC3)s2)C1=O. The van der Waals surface area contributed by atoms with Crippen molar-refractivity contribution < 1.29 is 4.79 Å². The van der Waals surface area contributed by atoms with Gasteiger partial charge in [-0.05, 0) is 30.7 Å². The van der Waals surface area contributed by atoms with Crippen LogP contribution in [0, 0.1) is 11.3 Å². The number of anilines is 1. The second-order valence-electron chi connectivity index (χ2n) is 5.32. The summed E-state index contributed by atoms with van der Waals surface area (Å²) in [5, 5.41) is 21.2. The Hall–Kier alpha value is -1.43. The minimum atomic E-state index is -0.117. The van der Waals surface area contributed by atoms with Gasteiger partial charge in [0.2, 0.25) is 5.91 Å². The number of hydrogen-bond donors (Lipinski definition) is 0. The maximum Gasteiger partial charge on any atom is 0.241 e. The molecule has 112 valence electrons. The number of thiophene rings is 1. The van der Waals surface area contributed by atoms with E-state index in [9.17, 15) is 4.79 Å². The van der Waals surface area contributed by atoms with E-state index in [0.717, 1.165) is 20.8 Å². The van der Waals surface area contributed by atoms with Gasteiger partial charge >= 0.3 is 0 Å². The summed E-state index contributed by atoms with van der Waals surface area (Å²) in [4.78, 5) is 14.3. The number of hydrogen-bond acceptors (Lipinski definition) is 7. The van der Waals surface area contributed by atoms with Gasteiger partial charge in [-0.25, -0.2) is 0 Å². The van der Waals surface area contributed by atoms with Crippen molar-refractivity contribution in [2.24, 2.45) is 0 Å². The highest BCUT2D eigenvalue weighted by Crippen LogP contribution is 2.44. The van der Waals surface area contributed by atoms with Gasteiger partial charge in [-0.2, -0.15) is 5.26 Å². The van der Waals surface area contributed by atoms with E-state index in [1.807, 2.05) is 5.38 Å². The van der Waals surface area contributed by atoms with Crippen LogP contribution in [0.2, 0.25) is 0 Å². The Balaban J connectivity index is 1.48. The molecule has 1 aliphatic carbocycles. The highest BCUT2D eigenvalue weighted by Gasteiger charge is 2.36. The molecule has 4 rings (SSSR count). The van der Waals surface area contributed by atoms with Crippen molar-refractivity contribution in [2.75, 3.05) is 11.4 Å². The summed E-state index contributed by atoms with van der Waals surface area (Å²) in [6.45, 7) is 0.667. The van der Waals surface area contributed by atoms with Crippen LogP contribution in [0.5, 0.6) is 0 Å². The molecule has 8 heteroatoms. The first-order chi connectivity index (χ1) is 10.8. The Labute approximate surface area is 140 Å². The summed E-state index contributed by atoms with van der Waals surface area (Å²) in [7, 11) is 0. The molecular formula is C14H12N4OS3. The topological polar surface area (TPSA) is 69.9 Å². The number of rotatable bonds is 4. The van der Waals surface area contributed by atoms with Gasteiger partial charge in [0.25, 0.3) is 0 Å². The van der Waals surface area contributed by atoms with Gasteiger partial charge in [-0.3, -0.25) is 4.79 Å². The van der Waals surface area contributed by atoms with E-state index in [0.29, 0.717) is 18.0 Å². The van der Waals surface area contributed by atoms with Gasteiger partial charge in [0, 0.05) is 12.5 Å². The van der Waals surface area contributed by atoms with E-state index in [2.05, 4.69) is 16.3 Å². The van der Waals surface area contributed by atoms with Crippen LogP contribution < -0.4 is 4.90 Å². The minimum absolute atomic E-state index is 0.0760. The molecule has 1 atom stereocenters. The molecule has 0 N–H and O–H groups in total. The molecule has 0 bridgehead atoms. The Bertz CT molecular complexity index is 758. The Morgan fingerprint density at radius 1 is 1.36 bits per heavy atom. The summed E-state index contributed by atoms with van der Waals surface area (Å²) in [6, 6.07) is 3.91. The number of nitrogens with zero attached hydrogens (tertiary/aromatic N) is 4. The highest BCUT2D eigenvalue weighted by molar-refractivity contribution is 8.02. The zero-order valence-corrected chi connectivity index (χ0v) is 14.0. The van der Waals surface area contributed by atoms with E-state index in [4.69, 9.17) is 5.26 Å². The third-order valence-corrected chi connectivity index (χ3v) is 7.12. The van der Waals surface area contributed by atoms with E-state index < -0.39 is 0 Å². The van der Waals surface area contributed by atoms with Crippen molar-refractivity contribution in [3.8, 4) is 6.07 Å². The number of aromatic nitrogens is 2. The standard InChI is InChI=1S/C14H12N4OS3/c15-7-9-4-6-20-13(9)18-5-3-10(12(18)19)21-14-17-16-11(22-14)8-1-2-8/h4,6,8,10H,1-3,5H2/t10-/m1/s1. The van der Waals surface area contributed by atoms with Crippen LogP contribution in [0.15, 0.2) is 15.8 Å². The van der Waals surface area contributed by atoms with E-state index in [-0.39, 0.29) is 11.2 Å². The second-order valence-corrected chi connectivity index (χ2v) is 8.67. The zero-order chi connectivity index (χ0) is 15.1. The summed E-state index contributed by atoms with van der Waals surface area (Å²) in [5.74, 6) is 0.680. The van der Waals surface area contributed by atoms with Gasteiger partial charge in [0.15, 0.2) is 4.34 Å². The average molecular weight is 348 g/mol. The summed E-state index contributed by atoms with van der Waals surface area (Å²) < 4.78 is 0.883. The van der Waals surface area contributed by atoms with Crippen molar-refractivity contribution in [1.29, 1.82) is 5.26 Å². The molecule has 0 spiro atoms. The van der Waals surface area contributed by atoms with E-state index in [1.54, 1.807) is 22.3 Å². The molecule has 2 aromatic heterocycles. The van der Waals surface area contributed by atoms with Crippen LogP contribution in [0.3, 0.4) is 0 Å². The molecule has 2 fully saturated rings. The fourth-order valence-corrected chi connectivity index (χ4v) is 5.65. The van der Waals surface area contributed by atoms with Crippen LogP contribution in [0.1, 0.15) is 35.8 Å². The Morgan fingerprint density at radius 2 is 2.23 bits per heavy atom. The quantitative estimate of drug-likeness (QED) is 0.848. The lowest BCUT2D eigenvalue weighted by molar-refractivity contribution is -0.116. The lowest BCUT2D eigenvalue weighted by Gasteiger charge is -2.14.